The van der Waals surface area contributed by atoms with Crippen LogP contribution < -0.4 is 0 Å². The van der Waals surface area contributed by atoms with Crippen molar-refractivity contribution in [3.63, 3.8) is 0 Å². The van der Waals surface area contributed by atoms with Crippen LogP contribution in [0.25, 0.3) is 5.57 Å². The zero-order valence-corrected chi connectivity index (χ0v) is 9.64. The van der Waals surface area contributed by atoms with Gasteiger partial charge in [-0.05, 0) is 11.1 Å². The minimum atomic E-state index is -0.0481. The van der Waals surface area contributed by atoms with E-state index in [0.717, 1.165) is 11.1 Å². The number of hydrogen-bond donors (Lipinski definition) is 0. The molecule has 0 aromatic heterocycles. The van der Waals surface area contributed by atoms with Crippen LogP contribution in [0.4, 0.5) is 0 Å². The monoisotopic (exact) mass is 220 g/mol. The molecule has 0 spiro atoms. The van der Waals surface area contributed by atoms with Crippen LogP contribution in [0, 0.1) is 0 Å². The molecule has 0 heterocycles. The molecule has 0 radical (unpaired) electrons. The second-order valence-corrected chi connectivity index (χ2v) is 3.29. The fraction of sp³-hybridized carbons (Fsp3) is 0.154. The third-order valence-electron chi connectivity index (χ3n) is 2.06. The Labute approximate surface area is 95.1 Å². The van der Waals surface area contributed by atoms with E-state index in [1.807, 2.05) is 32.0 Å². The van der Waals surface area contributed by atoms with E-state index in [2.05, 4.69) is 6.58 Å². The van der Waals surface area contributed by atoms with Crippen LogP contribution in [0.3, 0.4) is 0 Å². The molecule has 0 unspecified atom stereocenters. The number of benzene rings is 1. The molecule has 0 saturated carbocycles. The van der Waals surface area contributed by atoms with Gasteiger partial charge in [0.1, 0.15) is 0 Å². The topological polar surface area (TPSA) is 17.1 Å². The second kappa shape index (κ2) is 4.94. The lowest BCUT2D eigenvalue weighted by molar-refractivity contribution is 0.104. The van der Waals surface area contributed by atoms with E-state index >= 15 is 0 Å². The maximum Gasteiger partial charge on any atom is 0.187 e. The molecule has 1 nitrogen and oxygen atoms in total. The third-order valence-corrected chi connectivity index (χ3v) is 2.40. The van der Waals surface area contributed by atoms with Crippen molar-refractivity contribution in [3.8, 4) is 0 Å². The predicted octanol–water partition coefficient (Wildman–Crippen LogP) is 4.05. The van der Waals surface area contributed by atoms with Crippen LogP contribution in [0.5, 0.6) is 0 Å². The molecule has 0 fully saturated rings. The summed E-state index contributed by atoms with van der Waals surface area (Å²) in [6.45, 7) is 7.82. The summed E-state index contributed by atoms with van der Waals surface area (Å²) in [7, 11) is 0. The van der Waals surface area contributed by atoms with Gasteiger partial charge in [-0.25, -0.2) is 0 Å². The molecule has 2 heteroatoms. The number of ketones is 1. The van der Waals surface area contributed by atoms with E-state index < -0.39 is 0 Å². The lowest BCUT2D eigenvalue weighted by Crippen LogP contribution is -2.05. The Bertz CT molecular complexity index is 430. The second-order valence-electron chi connectivity index (χ2n) is 2.88. The van der Waals surface area contributed by atoms with Gasteiger partial charge < -0.3 is 0 Å². The highest BCUT2D eigenvalue weighted by Gasteiger charge is 2.18. The Balaban J connectivity index is 0.000000531. The first-order valence-corrected chi connectivity index (χ1v) is 5.28. The van der Waals surface area contributed by atoms with Crippen LogP contribution in [-0.2, 0) is 0 Å². The van der Waals surface area contributed by atoms with Crippen LogP contribution in [0.1, 0.15) is 29.8 Å². The number of carbonyl (C=O) groups excluding carboxylic acids is 1. The third kappa shape index (κ3) is 2.18. The summed E-state index contributed by atoms with van der Waals surface area (Å²) >= 11 is 5.83. The van der Waals surface area contributed by atoms with Gasteiger partial charge in [-0.2, -0.15) is 0 Å². The molecule has 78 valence electrons. The Morgan fingerprint density at radius 3 is 2.27 bits per heavy atom. The maximum atomic E-state index is 11.4. The van der Waals surface area contributed by atoms with E-state index in [9.17, 15) is 4.79 Å². The predicted molar refractivity (Wildman–Crippen MR) is 65.1 cm³/mol. The summed E-state index contributed by atoms with van der Waals surface area (Å²) in [5.74, 6) is -0.0481. The SMILES string of the molecule is C=C1C(Cl)=CC(=O)c2ccccc21.CC. The van der Waals surface area contributed by atoms with Crippen LogP contribution >= 0.6 is 11.6 Å². The summed E-state index contributed by atoms with van der Waals surface area (Å²) in [5.41, 5.74) is 2.23. The molecular weight excluding hydrogens is 208 g/mol. The molecule has 0 atom stereocenters. The molecule has 0 bridgehead atoms. The van der Waals surface area contributed by atoms with E-state index in [1.165, 1.54) is 6.08 Å². The first-order chi connectivity index (χ1) is 7.20. The van der Waals surface area contributed by atoms with Gasteiger partial charge in [-0.3, -0.25) is 4.79 Å². The standard InChI is InChI=1S/C11H7ClO.C2H6/c1-7-8-4-2-3-5-9(8)11(13)6-10(7)12;1-2/h2-6H,1H2;1-2H3. The van der Waals surface area contributed by atoms with Gasteiger partial charge in [0.2, 0.25) is 0 Å². The van der Waals surface area contributed by atoms with Gasteiger partial charge in [0.05, 0.1) is 5.03 Å². The number of carbonyl (C=O) groups is 1. The highest BCUT2D eigenvalue weighted by Crippen LogP contribution is 2.31. The van der Waals surface area contributed by atoms with Crippen LogP contribution in [0.15, 0.2) is 42.0 Å². The molecule has 2 rings (SSSR count). The Hall–Kier alpha value is -1.34. The first kappa shape index (κ1) is 11.7. The zero-order valence-electron chi connectivity index (χ0n) is 8.88. The lowest BCUT2D eigenvalue weighted by Gasteiger charge is -2.13. The molecule has 0 N–H and O–H groups in total. The van der Waals surface area contributed by atoms with Gasteiger partial charge in [-0.1, -0.05) is 56.3 Å². The Morgan fingerprint density at radius 1 is 1.13 bits per heavy atom. The van der Waals surface area contributed by atoms with Crippen molar-refractivity contribution < 1.29 is 4.79 Å². The highest BCUT2D eigenvalue weighted by molar-refractivity contribution is 6.40. The smallest absolute Gasteiger partial charge is 0.187 e. The summed E-state index contributed by atoms with van der Waals surface area (Å²) in [5, 5.41) is 0.434. The maximum absolute atomic E-state index is 11.4. The molecule has 1 aliphatic carbocycles. The van der Waals surface area contributed by atoms with Gasteiger partial charge in [0.15, 0.2) is 5.78 Å². The number of fused-ring (bicyclic) bond motifs is 1. The van der Waals surface area contributed by atoms with Crippen molar-refractivity contribution in [2.75, 3.05) is 0 Å². The lowest BCUT2D eigenvalue weighted by atomic mass is 9.93. The molecule has 0 amide bonds. The molecular formula is C13H13ClO. The minimum Gasteiger partial charge on any atom is -0.289 e. The molecule has 1 aromatic rings. The van der Waals surface area contributed by atoms with Crippen LogP contribution in [-0.4, -0.2) is 5.78 Å². The number of hydrogen-bond acceptors (Lipinski definition) is 1. The van der Waals surface area contributed by atoms with Gasteiger partial charge in [-0.15, -0.1) is 0 Å². The highest BCUT2D eigenvalue weighted by atomic mass is 35.5. The Morgan fingerprint density at radius 2 is 1.67 bits per heavy atom. The van der Waals surface area contributed by atoms with E-state index in [-0.39, 0.29) is 5.78 Å². The number of allylic oxidation sites excluding steroid dienone is 3. The summed E-state index contributed by atoms with van der Waals surface area (Å²) in [6.07, 6.45) is 1.41. The quantitative estimate of drug-likeness (QED) is 0.645. The van der Waals surface area contributed by atoms with Crippen molar-refractivity contribution >= 4 is 23.0 Å². The van der Waals surface area contributed by atoms with Crippen molar-refractivity contribution in [2.45, 2.75) is 13.8 Å². The Kier molecular flexibility index (Phi) is 3.87. The fourth-order valence-corrected chi connectivity index (χ4v) is 1.57. The van der Waals surface area contributed by atoms with Crippen molar-refractivity contribution in [3.05, 3.63) is 53.1 Å². The fourth-order valence-electron chi connectivity index (χ4n) is 1.37. The summed E-state index contributed by atoms with van der Waals surface area (Å²) in [4.78, 5) is 11.4. The largest absolute Gasteiger partial charge is 0.289 e. The zero-order chi connectivity index (χ0) is 11.4. The van der Waals surface area contributed by atoms with Gasteiger partial charge >= 0.3 is 0 Å². The summed E-state index contributed by atoms with van der Waals surface area (Å²) < 4.78 is 0. The van der Waals surface area contributed by atoms with Crippen molar-refractivity contribution in [2.24, 2.45) is 0 Å². The average Bonchev–Trinajstić information content (AvgIpc) is 2.29. The van der Waals surface area contributed by atoms with Crippen molar-refractivity contribution in [1.82, 2.24) is 0 Å². The molecule has 1 aliphatic rings. The van der Waals surface area contributed by atoms with E-state index in [1.54, 1.807) is 6.07 Å². The van der Waals surface area contributed by atoms with Gasteiger partial charge in [0.25, 0.3) is 0 Å². The van der Waals surface area contributed by atoms with E-state index in [0.29, 0.717) is 10.6 Å². The first-order valence-electron chi connectivity index (χ1n) is 4.90. The normalized spacial score (nSPS) is 13.7. The molecule has 0 aliphatic heterocycles. The van der Waals surface area contributed by atoms with E-state index in [4.69, 9.17) is 11.6 Å². The summed E-state index contributed by atoms with van der Waals surface area (Å²) in [6, 6.07) is 7.33. The minimum absolute atomic E-state index is 0.0481. The van der Waals surface area contributed by atoms with Crippen molar-refractivity contribution in [1.29, 1.82) is 0 Å². The molecule has 15 heavy (non-hydrogen) atoms. The number of rotatable bonds is 0. The number of halogens is 1. The van der Waals surface area contributed by atoms with Crippen LogP contribution in [0.2, 0.25) is 0 Å². The average molecular weight is 221 g/mol. The molecule has 0 saturated heterocycles. The molecule has 1 aromatic carbocycles. The van der Waals surface area contributed by atoms with Gasteiger partial charge in [0, 0.05) is 11.6 Å².